The highest BCUT2D eigenvalue weighted by molar-refractivity contribution is 5.79. The van der Waals surface area contributed by atoms with Crippen molar-refractivity contribution in [2.24, 2.45) is 5.92 Å². The van der Waals surface area contributed by atoms with Crippen LogP contribution in [0.15, 0.2) is 30.3 Å². The van der Waals surface area contributed by atoms with Gasteiger partial charge in [-0.1, -0.05) is 43.2 Å². The van der Waals surface area contributed by atoms with Crippen LogP contribution in [0.1, 0.15) is 44.1 Å². The zero-order valence-electron chi connectivity index (χ0n) is 12.0. The van der Waals surface area contributed by atoms with Crippen molar-refractivity contribution in [1.82, 2.24) is 10.6 Å². The minimum Gasteiger partial charge on any atom is -0.345 e. The SMILES string of the molecule is O=C(CNCC1CC1)NC1(c2ccccc2)CCCC1. The van der Waals surface area contributed by atoms with E-state index >= 15 is 0 Å². The molecule has 1 aromatic rings. The van der Waals surface area contributed by atoms with Gasteiger partial charge in [0.25, 0.3) is 0 Å². The largest absolute Gasteiger partial charge is 0.345 e. The Kier molecular flexibility index (Phi) is 4.06. The minimum absolute atomic E-state index is 0.125. The molecule has 2 fully saturated rings. The molecular formula is C17H24N2O. The van der Waals surface area contributed by atoms with Gasteiger partial charge < -0.3 is 10.6 Å². The lowest BCUT2D eigenvalue weighted by molar-refractivity contribution is -0.122. The average molecular weight is 272 g/mol. The van der Waals surface area contributed by atoms with Crippen molar-refractivity contribution >= 4 is 5.91 Å². The van der Waals surface area contributed by atoms with Crippen molar-refractivity contribution in [2.75, 3.05) is 13.1 Å². The van der Waals surface area contributed by atoms with E-state index in [1.54, 1.807) is 0 Å². The van der Waals surface area contributed by atoms with Gasteiger partial charge in [0.15, 0.2) is 0 Å². The van der Waals surface area contributed by atoms with Crippen molar-refractivity contribution in [2.45, 2.75) is 44.1 Å². The van der Waals surface area contributed by atoms with Gasteiger partial charge in [0.1, 0.15) is 0 Å². The van der Waals surface area contributed by atoms with E-state index in [1.807, 2.05) is 6.07 Å². The molecule has 0 saturated heterocycles. The fourth-order valence-corrected chi connectivity index (χ4v) is 3.24. The molecule has 108 valence electrons. The first kappa shape index (κ1) is 13.6. The Labute approximate surface area is 121 Å². The number of rotatable bonds is 6. The Balaban J connectivity index is 1.60. The van der Waals surface area contributed by atoms with E-state index < -0.39 is 0 Å². The van der Waals surface area contributed by atoms with Gasteiger partial charge in [-0.2, -0.15) is 0 Å². The molecule has 20 heavy (non-hydrogen) atoms. The van der Waals surface area contributed by atoms with E-state index in [4.69, 9.17) is 0 Å². The van der Waals surface area contributed by atoms with Crippen LogP contribution in [-0.4, -0.2) is 19.0 Å². The monoisotopic (exact) mass is 272 g/mol. The molecule has 3 nitrogen and oxygen atoms in total. The molecule has 1 amide bonds. The Bertz CT molecular complexity index is 447. The zero-order valence-corrected chi connectivity index (χ0v) is 12.0. The molecule has 0 spiro atoms. The average Bonchev–Trinajstić information content (AvgIpc) is 3.17. The molecule has 0 aromatic heterocycles. The summed E-state index contributed by atoms with van der Waals surface area (Å²) < 4.78 is 0. The van der Waals surface area contributed by atoms with Crippen LogP contribution in [0.4, 0.5) is 0 Å². The first-order valence-electron chi connectivity index (χ1n) is 7.86. The molecule has 0 aliphatic heterocycles. The fraction of sp³-hybridized carbons (Fsp3) is 0.588. The maximum absolute atomic E-state index is 12.2. The van der Waals surface area contributed by atoms with Crippen molar-refractivity contribution < 1.29 is 4.79 Å². The molecule has 0 atom stereocenters. The van der Waals surface area contributed by atoms with Gasteiger partial charge >= 0.3 is 0 Å². The fourth-order valence-electron chi connectivity index (χ4n) is 3.24. The third-order valence-corrected chi connectivity index (χ3v) is 4.58. The van der Waals surface area contributed by atoms with Crippen LogP contribution in [0.5, 0.6) is 0 Å². The summed E-state index contributed by atoms with van der Waals surface area (Å²) in [6.07, 6.45) is 7.16. The maximum atomic E-state index is 12.2. The second kappa shape index (κ2) is 5.96. The molecule has 0 bridgehead atoms. The van der Waals surface area contributed by atoms with Crippen molar-refractivity contribution in [3.8, 4) is 0 Å². The standard InChI is InChI=1S/C17H24N2O/c20-16(13-18-12-14-8-9-14)19-17(10-4-5-11-17)15-6-2-1-3-7-15/h1-3,6-7,14,18H,4-5,8-13H2,(H,19,20). The van der Waals surface area contributed by atoms with Gasteiger partial charge in [-0.15, -0.1) is 0 Å². The number of hydrogen-bond acceptors (Lipinski definition) is 2. The summed E-state index contributed by atoms with van der Waals surface area (Å²) in [5, 5.41) is 6.58. The quantitative estimate of drug-likeness (QED) is 0.835. The van der Waals surface area contributed by atoms with Crippen LogP contribution >= 0.6 is 0 Å². The van der Waals surface area contributed by atoms with E-state index in [1.165, 1.54) is 31.2 Å². The van der Waals surface area contributed by atoms with Crippen LogP contribution in [0.3, 0.4) is 0 Å². The normalized spacial score (nSPS) is 20.8. The van der Waals surface area contributed by atoms with Crippen LogP contribution < -0.4 is 10.6 Å². The van der Waals surface area contributed by atoms with Gasteiger partial charge in [-0.25, -0.2) is 0 Å². The highest BCUT2D eigenvalue weighted by Gasteiger charge is 2.36. The summed E-state index contributed by atoms with van der Waals surface area (Å²) in [5.74, 6) is 0.953. The number of carbonyl (C=O) groups excluding carboxylic acids is 1. The zero-order chi connectivity index (χ0) is 13.8. The summed E-state index contributed by atoms with van der Waals surface area (Å²) in [5.41, 5.74) is 1.13. The van der Waals surface area contributed by atoms with Crippen LogP contribution in [0, 0.1) is 5.92 Å². The molecule has 1 aromatic carbocycles. The summed E-state index contributed by atoms with van der Waals surface area (Å²) >= 11 is 0. The molecular weight excluding hydrogens is 248 g/mol. The number of benzene rings is 1. The molecule has 2 aliphatic rings. The van der Waals surface area contributed by atoms with E-state index in [0.717, 1.165) is 25.3 Å². The van der Waals surface area contributed by atoms with E-state index in [0.29, 0.717) is 6.54 Å². The van der Waals surface area contributed by atoms with Crippen LogP contribution in [0.25, 0.3) is 0 Å². The van der Waals surface area contributed by atoms with Crippen molar-refractivity contribution in [3.05, 3.63) is 35.9 Å². The topological polar surface area (TPSA) is 41.1 Å². The third-order valence-electron chi connectivity index (χ3n) is 4.58. The molecule has 0 heterocycles. The Morgan fingerprint density at radius 2 is 1.85 bits per heavy atom. The second-order valence-corrected chi connectivity index (χ2v) is 6.28. The number of amides is 1. The van der Waals surface area contributed by atoms with Crippen LogP contribution in [-0.2, 0) is 10.3 Å². The summed E-state index contributed by atoms with van der Waals surface area (Å²) in [6.45, 7) is 1.44. The molecule has 3 rings (SSSR count). The molecule has 0 radical (unpaired) electrons. The predicted molar refractivity (Wildman–Crippen MR) is 80.3 cm³/mol. The maximum Gasteiger partial charge on any atom is 0.234 e. The van der Waals surface area contributed by atoms with E-state index in [-0.39, 0.29) is 11.4 Å². The predicted octanol–water partition coefficient (Wildman–Crippen LogP) is 2.57. The first-order valence-corrected chi connectivity index (χ1v) is 7.86. The molecule has 3 heteroatoms. The van der Waals surface area contributed by atoms with Gasteiger partial charge in [0.05, 0.1) is 12.1 Å². The highest BCUT2D eigenvalue weighted by Crippen LogP contribution is 2.38. The lowest BCUT2D eigenvalue weighted by Crippen LogP contribution is -2.47. The molecule has 2 aliphatic carbocycles. The molecule has 2 N–H and O–H groups in total. The lowest BCUT2D eigenvalue weighted by atomic mass is 9.88. The van der Waals surface area contributed by atoms with E-state index in [2.05, 4.69) is 34.9 Å². The number of nitrogens with one attached hydrogen (secondary N) is 2. The highest BCUT2D eigenvalue weighted by atomic mass is 16.2. The Morgan fingerprint density at radius 1 is 1.15 bits per heavy atom. The first-order chi connectivity index (χ1) is 9.78. The summed E-state index contributed by atoms with van der Waals surface area (Å²) in [7, 11) is 0. The van der Waals surface area contributed by atoms with Gasteiger partial charge in [0.2, 0.25) is 5.91 Å². The van der Waals surface area contributed by atoms with Gasteiger partial charge in [0, 0.05) is 0 Å². The summed E-state index contributed by atoms with van der Waals surface area (Å²) in [6, 6.07) is 10.4. The Morgan fingerprint density at radius 3 is 2.50 bits per heavy atom. The molecule has 2 saturated carbocycles. The third kappa shape index (κ3) is 3.21. The van der Waals surface area contributed by atoms with E-state index in [9.17, 15) is 4.79 Å². The van der Waals surface area contributed by atoms with Gasteiger partial charge in [-0.05, 0) is 43.7 Å². The van der Waals surface area contributed by atoms with Crippen molar-refractivity contribution in [3.63, 3.8) is 0 Å². The Hall–Kier alpha value is -1.35. The minimum atomic E-state index is -0.125. The smallest absolute Gasteiger partial charge is 0.234 e. The summed E-state index contributed by atoms with van der Waals surface area (Å²) in [4.78, 5) is 12.2. The second-order valence-electron chi connectivity index (χ2n) is 6.28. The lowest BCUT2D eigenvalue weighted by Gasteiger charge is -2.31. The number of hydrogen-bond donors (Lipinski definition) is 2. The van der Waals surface area contributed by atoms with Crippen LogP contribution in [0.2, 0.25) is 0 Å². The molecule has 0 unspecified atom stereocenters. The number of carbonyl (C=O) groups is 1. The van der Waals surface area contributed by atoms with Crippen molar-refractivity contribution in [1.29, 1.82) is 0 Å². The van der Waals surface area contributed by atoms with Gasteiger partial charge in [-0.3, -0.25) is 4.79 Å².